The summed E-state index contributed by atoms with van der Waals surface area (Å²) in [6.07, 6.45) is -5.57. The number of nitrogens with one attached hydrogen (secondary N) is 2. The van der Waals surface area contributed by atoms with Crippen LogP contribution in [0.1, 0.15) is 41.2 Å². The minimum absolute atomic E-state index is 0.0205. The highest BCUT2D eigenvalue weighted by molar-refractivity contribution is 7.91. The molecule has 1 aliphatic rings. The quantitative estimate of drug-likeness (QED) is 0.110. The van der Waals surface area contributed by atoms with E-state index in [0.29, 0.717) is 35.7 Å². The number of alkyl halides is 3. The highest BCUT2D eigenvalue weighted by Crippen LogP contribution is 2.44. The maximum absolute atomic E-state index is 14.3. The molecule has 0 saturated heterocycles. The summed E-state index contributed by atoms with van der Waals surface area (Å²) in [5, 5.41) is 9.05. The van der Waals surface area contributed by atoms with Gasteiger partial charge in [0, 0.05) is 31.6 Å². The predicted octanol–water partition coefficient (Wildman–Crippen LogP) is 5.42. The molecule has 14 heteroatoms. The molecule has 1 amide bonds. The van der Waals surface area contributed by atoms with Crippen LogP contribution in [-0.4, -0.2) is 56.9 Å². The minimum Gasteiger partial charge on any atom is -0.497 e. The molecule has 5 rings (SSSR count). The second kappa shape index (κ2) is 15.7. The lowest BCUT2D eigenvalue weighted by Crippen LogP contribution is -2.53. The van der Waals surface area contributed by atoms with Crippen LogP contribution in [0, 0.1) is 0 Å². The Kier molecular flexibility index (Phi) is 11.5. The zero-order chi connectivity index (χ0) is 35.8. The molecule has 10 nitrogen and oxygen atoms in total. The van der Waals surface area contributed by atoms with Crippen LogP contribution in [0.15, 0.2) is 113 Å². The molecule has 264 valence electrons. The number of methoxy groups -OCH3 is 1. The average Bonchev–Trinajstić information content (AvgIpc) is 3.52. The van der Waals surface area contributed by atoms with Gasteiger partial charge in [-0.05, 0) is 65.7 Å². The lowest BCUT2D eigenvalue weighted by Gasteiger charge is -2.30. The van der Waals surface area contributed by atoms with Gasteiger partial charge in [-0.15, -0.1) is 0 Å². The molecule has 0 unspecified atom stereocenters. The van der Waals surface area contributed by atoms with Crippen molar-refractivity contribution >= 4 is 21.6 Å². The number of aliphatic imine (C=N–C) groups is 1. The fourth-order valence-corrected chi connectivity index (χ4v) is 6.79. The van der Waals surface area contributed by atoms with E-state index in [1.807, 2.05) is 0 Å². The van der Waals surface area contributed by atoms with E-state index in [9.17, 15) is 26.4 Å². The first-order chi connectivity index (χ1) is 23.9. The summed E-state index contributed by atoms with van der Waals surface area (Å²) in [7, 11) is -2.43. The number of amides is 1. The average molecular weight is 712 g/mol. The molecular weight excluding hydrogens is 675 g/mol. The van der Waals surface area contributed by atoms with E-state index < -0.39 is 44.9 Å². The van der Waals surface area contributed by atoms with E-state index in [4.69, 9.17) is 24.3 Å². The fraction of sp³-hybridized carbons (Fsp3) is 0.278. The van der Waals surface area contributed by atoms with Gasteiger partial charge in [-0.3, -0.25) is 10.2 Å². The van der Waals surface area contributed by atoms with Crippen molar-refractivity contribution < 1.29 is 45.7 Å². The zero-order valence-corrected chi connectivity index (χ0v) is 27.8. The van der Waals surface area contributed by atoms with E-state index in [1.54, 1.807) is 66.7 Å². The Morgan fingerprint density at radius 1 is 0.960 bits per heavy atom. The molecule has 0 fully saturated rings. The van der Waals surface area contributed by atoms with Gasteiger partial charge in [0.25, 0.3) is 5.91 Å². The van der Waals surface area contributed by atoms with Crippen LogP contribution in [0.4, 0.5) is 13.2 Å². The van der Waals surface area contributed by atoms with Crippen LogP contribution in [0.5, 0.6) is 11.5 Å². The first-order valence-electron chi connectivity index (χ1n) is 15.7. The first-order valence-corrected chi connectivity index (χ1v) is 17.3. The van der Waals surface area contributed by atoms with Crippen molar-refractivity contribution in [3.05, 3.63) is 125 Å². The number of ether oxygens (including phenoxy) is 3. The summed E-state index contributed by atoms with van der Waals surface area (Å²) in [6, 6.07) is 25.9. The monoisotopic (exact) mass is 711 g/mol. The van der Waals surface area contributed by atoms with Crippen molar-refractivity contribution in [3.8, 4) is 11.5 Å². The summed E-state index contributed by atoms with van der Waals surface area (Å²) in [5.74, 6) is -0.208. The number of aliphatic hydroxyl groups is 1. The van der Waals surface area contributed by atoms with Crippen LogP contribution >= 0.6 is 0 Å². The Balaban J connectivity index is 1.52. The molecule has 0 radical (unpaired) electrons. The third-order valence-corrected chi connectivity index (χ3v) is 9.76. The normalized spacial score (nSPS) is 17.5. The number of halogens is 3. The number of hydrogen-bond donors (Lipinski definition) is 3. The van der Waals surface area contributed by atoms with Gasteiger partial charge in [0.2, 0.25) is 5.90 Å². The number of hydrazine groups is 1. The molecule has 3 N–H and O–H groups in total. The van der Waals surface area contributed by atoms with E-state index in [-0.39, 0.29) is 35.9 Å². The molecule has 0 saturated carbocycles. The summed E-state index contributed by atoms with van der Waals surface area (Å²) in [5.41, 5.74) is 3.73. The molecule has 2 atom stereocenters. The first kappa shape index (κ1) is 36.4. The van der Waals surface area contributed by atoms with Gasteiger partial charge in [0.05, 0.1) is 29.9 Å². The number of rotatable bonds is 15. The second-order valence-corrected chi connectivity index (χ2v) is 13.6. The van der Waals surface area contributed by atoms with Crippen LogP contribution in [0.25, 0.3) is 0 Å². The Morgan fingerprint density at radius 2 is 1.70 bits per heavy atom. The third kappa shape index (κ3) is 8.62. The lowest BCUT2D eigenvalue weighted by atomic mass is 9.85. The summed E-state index contributed by atoms with van der Waals surface area (Å²) < 4.78 is 84.4. The number of benzene rings is 4. The fourth-order valence-electron chi connectivity index (χ4n) is 5.40. The number of hydrogen-bond acceptors (Lipinski definition) is 9. The lowest BCUT2D eigenvalue weighted by molar-refractivity contribution is -0.137. The molecule has 1 heterocycles. The van der Waals surface area contributed by atoms with Crippen molar-refractivity contribution in [2.45, 2.75) is 42.1 Å². The van der Waals surface area contributed by atoms with Crippen molar-refractivity contribution in [1.29, 1.82) is 0 Å². The maximum atomic E-state index is 14.3. The Morgan fingerprint density at radius 3 is 2.40 bits per heavy atom. The minimum atomic E-state index is -4.55. The predicted molar refractivity (Wildman–Crippen MR) is 179 cm³/mol. The molecular formula is C36H36F3N3O7S. The van der Waals surface area contributed by atoms with Gasteiger partial charge in [0.15, 0.2) is 21.5 Å². The van der Waals surface area contributed by atoms with Crippen LogP contribution in [-0.2, 0) is 32.1 Å². The van der Waals surface area contributed by atoms with Crippen LogP contribution in [0.3, 0.4) is 0 Å². The van der Waals surface area contributed by atoms with E-state index in [0.717, 1.165) is 12.1 Å². The van der Waals surface area contributed by atoms with Crippen LogP contribution < -0.4 is 20.3 Å². The van der Waals surface area contributed by atoms with Crippen molar-refractivity contribution in [3.63, 3.8) is 0 Å². The molecule has 4 aromatic rings. The van der Waals surface area contributed by atoms with Gasteiger partial charge in [0.1, 0.15) is 11.5 Å². The van der Waals surface area contributed by atoms with Crippen molar-refractivity contribution in [2.24, 2.45) is 4.99 Å². The summed E-state index contributed by atoms with van der Waals surface area (Å²) in [4.78, 5) is 19.2. The Labute approximate surface area is 287 Å². The zero-order valence-electron chi connectivity index (χ0n) is 27.0. The van der Waals surface area contributed by atoms with Gasteiger partial charge < -0.3 is 19.3 Å². The smallest absolute Gasteiger partial charge is 0.416 e. The van der Waals surface area contributed by atoms with E-state index in [1.165, 1.54) is 31.4 Å². The number of carbonyl (C=O) groups is 1. The topological polar surface area (TPSA) is 136 Å². The molecule has 0 bridgehead atoms. The number of aliphatic hydroxyl groups excluding tert-OH is 1. The van der Waals surface area contributed by atoms with Crippen molar-refractivity contribution in [1.82, 2.24) is 10.9 Å². The third-order valence-electron chi connectivity index (χ3n) is 8.03. The molecule has 50 heavy (non-hydrogen) atoms. The molecule has 4 aromatic carbocycles. The Bertz CT molecular complexity index is 1910. The summed E-state index contributed by atoms with van der Waals surface area (Å²) in [6.45, 7) is 0.109. The van der Waals surface area contributed by atoms with Gasteiger partial charge >= 0.3 is 6.18 Å². The van der Waals surface area contributed by atoms with Gasteiger partial charge in [-0.2, -0.15) is 13.2 Å². The van der Waals surface area contributed by atoms with Gasteiger partial charge in [-0.25, -0.2) is 18.8 Å². The second-order valence-electron chi connectivity index (χ2n) is 11.5. The van der Waals surface area contributed by atoms with E-state index >= 15 is 0 Å². The standard InChI is InChI=1S/C36H36F3N3O7S/c1-47-30-11-6-9-27(23-30)32-35(18-21-50(45,46)31-12-3-2-4-13-31,34(44)42-40-24-25-8-5-10-28(22-25)36(37,38)39)41-33(49-32)26-14-16-29(17-15-26)48-20-7-19-43/h2-6,8-17,22-23,32,40,43H,7,18-21,24H2,1H3,(H,42,44)/t32-,35-/m0/s1. The van der Waals surface area contributed by atoms with Crippen molar-refractivity contribution in [2.75, 3.05) is 26.1 Å². The highest BCUT2D eigenvalue weighted by Gasteiger charge is 2.54. The number of carbonyl (C=O) groups excluding carboxylic acids is 1. The van der Waals surface area contributed by atoms with E-state index in [2.05, 4.69) is 10.9 Å². The highest BCUT2D eigenvalue weighted by atomic mass is 32.2. The summed E-state index contributed by atoms with van der Waals surface area (Å²) >= 11 is 0. The SMILES string of the molecule is COc1cccc([C@@H]2OC(c3ccc(OCCCO)cc3)=N[C@]2(CCS(=O)(=O)c2ccccc2)C(=O)NNCc2cccc(C(F)(F)F)c2)c1. The van der Waals surface area contributed by atoms with Gasteiger partial charge in [-0.1, -0.05) is 48.5 Å². The molecule has 0 spiro atoms. The number of nitrogens with zero attached hydrogens (tertiary/aromatic N) is 1. The Hall–Kier alpha value is -4.92. The molecule has 0 aliphatic carbocycles. The maximum Gasteiger partial charge on any atom is 0.416 e. The number of sulfone groups is 1. The largest absolute Gasteiger partial charge is 0.497 e. The van der Waals surface area contributed by atoms with Crippen LogP contribution in [0.2, 0.25) is 0 Å². The molecule has 1 aliphatic heterocycles. The molecule has 0 aromatic heterocycles.